The molecule has 1 fully saturated rings. The fourth-order valence-corrected chi connectivity index (χ4v) is 3.27. The molecule has 0 aromatic heterocycles. The van der Waals surface area contributed by atoms with Crippen LogP contribution in [0.4, 0.5) is 10.1 Å². The third-order valence-corrected chi connectivity index (χ3v) is 4.97. The zero-order chi connectivity index (χ0) is 19.8. The van der Waals surface area contributed by atoms with E-state index in [0.29, 0.717) is 17.3 Å². The Bertz CT molecular complexity index is 747. The highest BCUT2D eigenvalue weighted by Gasteiger charge is 2.16. The number of hydrogen-bond donors (Lipinski definition) is 1. The summed E-state index contributed by atoms with van der Waals surface area (Å²) in [4.78, 5) is 16.5. The molecule has 1 aliphatic rings. The Balaban J connectivity index is 1.27. The van der Waals surface area contributed by atoms with E-state index in [1.54, 1.807) is 24.3 Å². The third-order valence-electron chi connectivity index (χ3n) is 4.72. The highest BCUT2D eigenvalue weighted by atomic mass is 35.5. The van der Waals surface area contributed by atoms with E-state index < -0.39 is 0 Å². The topological polar surface area (TPSA) is 44.8 Å². The second-order valence-electron chi connectivity index (χ2n) is 6.75. The molecule has 0 radical (unpaired) electrons. The van der Waals surface area contributed by atoms with Crippen LogP contribution in [-0.4, -0.2) is 56.7 Å². The van der Waals surface area contributed by atoms with Gasteiger partial charge in [0.2, 0.25) is 0 Å². The molecular weight excluding hydrogens is 381 g/mol. The van der Waals surface area contributed by atoms with E-state index in [4.69, 9.17) is 16.3 Å². The van der Waals surface area contributed by atoms with Crippen LogP contribution in [-0.2, 0) is 4.79 Å². The van der Waals surface area contributed by atoms with Crippen LogP contribution in [0.2, 0.25) is 5.02 Å². The highest BCUT2D eigenvalue weighted by molar-refractivity contribution is 6.30. The summed E-state index contributed by atoms with van der Waals surface area (Å²) in [6, 6.07) is 13.6. The lowest BCUT2D eigenvalue weighted by Crippen LogP contribution is -2.47. The predicted octanol–water partition coefficient (Wildman–Crippen LogP) is 3.19. The largest absolute Gasteiger partial charge is 0.484 e. The van der Waals surface area contributed by atoms with E-state index >= 15 is 0 Å². The van der Waals surface area contributed by atoms with Crippen LogP contribution < -0.4 is 15.0 Å². The Morgan fingerprint density at radius 2 is 1.71 bits per heavy atom. The molecule has 1 aliphatic heterocycles. The maximum Gasteiger partial charge on any atom is 0.257 e. The van der Waals surface area contributed by atoms with Crippen molar-refractivity contribution in [2.24, 2.45) is 0 Å². The molecular formula is C21H25ClFN3O2. The fourth-order valence-electron chi connectivity index (χ4n) is 3.14. The molecule has 0 spiro atoms. The first-order valence-electron chi connectivity index (χ1n) is 9.48. The molecule has 0 aliphatic carbocycles. The number of hydrogen-bond acceptors (Lipinski definition) is 4. The Morgan fingerprint density at radius 1 is 1.04 bits per heavy atom. The van der Waals surface area contributed by atoms with Gasteiger partial charge >= 0.3 is 0 Å². The van der Waals surface area contributed by atoms with Crippen LogP contribution in [0, 0.1) is 5.82 Å². The summed E-state index contributed by atoms with van der Waals surface area (Å²) >= 11 is 5.81. The number of rotatable bonds is 8. The van der Waals surface area contributed by atoms with Crippen molar-refractivity contribution in [3.63, 3.8) is 0 Å². The number of benzene rings is 2. The number of carbonyl (C=O) groups is 1. The Morgan fingerprint density at radius 3 is 2.39 bits per heavy atom. The van der Waals surface area contributed by atoms with Crippen molar-refractivity contribution >= 4 is 23.2 Å². The first-order chi connectivity index (χ1) is 13.6. The van der Waals surface area contributed by atoms with E-state index in [1.807, 2.05) is 12.1 Å². The van der Waals surface area contributed by atoms with Crippen molar-refractivity contribution in [2.45, 2.75) is 6.42 Å². The number of nitrogens with one attached hydrogen (secondary N) is 1. The lowest BCUT2D eigenvalue weighted by molar-refractivity contribution is -0.123. The molecule has 1 N–H and O–H groups in total. The quantitative estimate of drug-likeness (QED) is 0.685. The van der Waals surface area contributed by atoms with Crippen molar-refractivity contribution in [1.29, 1.82) is 0 Å². The summed E-state index contributed by atoms with van der Waals surface area (Å²) in [7, 11) is 0. The monoisotopic (exact) mass is 405 g/mol. The van der Waals surface area contributed by atoms with Gasteiger partial charge in [-0.15, -0.1) is 0 Å². The van der Waals surface area contributed by atoms with Crippen LogP contribution in [0.1, 0.15) is 6.42 Å². The molecule has 28 heavy (non-hydrogen) atoms. The van der Waals surface area contributed by atoms with Gasteiger partial charge in [0.1, 0.15) is 11.6 Å². The Labute approximate surface area is 170 Å². The van der Waals surface area contributed by atoms with Crippen molar-refractivity contribution in [3.05, 3.63) is 59.4 Å². The second-order valence-corrected chi connectivity index (χ2v) is 7.19. The zero-order valence-corrected chi connectivity index (χ0v) is 16.5. The van der Waals surface area contributed by atoms with Gasteiger partial charge in [-0.2, -0.15) is 0 Å². The van der Waals surface area contributed by atoms with Gasteiger partial charge in [-0.25, -0.2) is 4.39 Å². The molecule has 1 saturated heterocycles. The van der Waals surface area contributed by atoms with Gasteiger partial charge < -0.3 is 15.0 Å². The number of piperazine rings is 1. The number of halogens is 2. The van der Waals surface area contributed by atoms with Crippen LogP contribution in [0.25, 0.3) is 0 Å². The molecule has 7 heteroatoms. The SMILES string of the molecule is O=C(COc1ccc(Cl)cc1)NCCCN1CCN(c2ccc(F)cc2)CC1. The minimum Gasteiger partial charge on any atom is -0.484 e. The molecule has 1 amide bonds. The number of anilines is 1. The minimum absolute atomic E-state index is 0.00201. The maximum atomic E-state index is 13.0. The minimum atomic E-state index is -0.206. The molecule has 3 rings (SSSR count). The normalized spacial score (nSPS) is 14.7. The van der Waals surface area contributed by atoms with E-state index in [2.05, 4.69) is 15.1 Å². The number of nitrogens with zero attached hydrogens (tertiary/aromatic N) is 2. The molecule has 0 saturated carbocycles. The summed E-state index contributed by atoms with van der Waals surface area (Å²) in [5, 5.41) is 3.52. The Kier molecular flexibility index (Phi) is 7.51. The molecule has 0 bridgehead atoms. The lowest BCUT2D eigenvalue weighted by atomic mass is 10.2. The summed E-state index contributed by atoms with van der Waals surface area (Å²) in [5.41, 5.74) is 1.06. The molecule has 150 valence electrons. The van der Waals surface area contributed by atoms with Gasteiger partial charge in [0.25, 0.3) is 5.91 Å². The van der Waals surface area contributed by atoms with Crippen LogP contribution in [0.3, 0.4) is 0 Å². The molecule has 2 aromatic rings. The van der Waals surface area contributed by atoms with Crippen LogP contribution >= 0.6 is 11.6 Å². The molecule has 1 heterocycles. The standard InChI is InChI=1S/C21H25ClFN3O2/c22-17-2-8-20(9-3-17)28-16-21(27)24-10-1-11-25-12-14-26(15-13-25)19-6-4-18(23)5-7-19/h2-9H,1,10-16H2,(H,24,27). The van der Waals surface area contributed by atoms with Gasteiger partial charge in [0.15, 0.2) is 6.61 Å². The third kappa shape index (κ3) is 6.39. The van der Waals surface area contributed by atoms with Gasteiger partial charge in [-0.3, -0.25) is 9.69 Å². The van der Waals surface area contributed by atoms with Crippen molar-refractivity contribution < 1.29 is 13.9 Å². The molecule has 2 aromatic carbocycles. The average molecular weight is 406 g/mol. The molecule has 0 atom stereocenters. The van der Waals surface area contributed by atoms with E-state index in [9.17, 15) is 9.18 Å². The summed E-state index contributed by atoms with van der Waals surface area (Å²) < 4.78 is 18.4. The van der Waals surface area contributed by atoms with Crippen LogP contribution in [0.5, 0.6) is 5.75 Å². The van der Waals surface area contributed by atoms with Crippen molar-refractivity contribution in [1.82, 2.24) is 10.2 Å². The van der Waals surface area contributed by atoms with Gasteiger partial charge in [-0.05, 0) is 61.5 Å². The van der Waals surface area contributed by atoms with Crippen molar-refractivity contribution in [3.8, 4) is 5.75 Å². The first-order valence-corrected chi connectivity index (χ1v) is 9.86. The molecule has 0 unspecified atom stereocenters. The smallest absolute Gasteiger partial charge is 0.257 e. The van der Waals surface area contributed by atoms with E-state index in [0.717, 1.165) is 44.8 Å². The van der Waals surface area contributed by atoms with E-state index in [-0.39, 0.29) is 18.3 Å². The zero-order valence-electron chi connectivity index (χ0n) is 15.7. The summed E-state index contributed by atoms with van der Waals surface area (Å²) in [6.45, 7) is 5.34. The van der Waals surface area contributed by atoms with Gasteiger partial charge in [0.05, 0.1) is 0 Å². The maximum absolute atomic E-state index is 13.0. The highest BCUT2D eigenvalue weighted by Crippen LogP contribution is 2.17. The number of carbonyl (C=O) groups excluding carboxylic acids is 1. The first kappa shape index (κ1) is 20.4. The second kappa shape index (κ2) is 10.3. The summed E-state index contributed by atoms with van der Waals surface area (Å²) in [6.07, 6.45) is 0.892. The predicted molar refractivity (Wildman–Crippen MR) is 110 cm³/mol. The van der Waals surface area contributed by atoms with Crippen LogP contribution in [0.15, 0.2) is 48.5 Å². The van der Waals surface area contributed by atoms with Gasteiger partial charge in [-0.1, -0.05) is 11.6 Å². The fraction of sp³-hybridized carbons (Fsp3) is 0.381. The van der Waals surface area contributed by atoms with Crippen molar-refractivity contribution in [2.75, 3.05) is 50.8 Å². The Hall–Kier alpha value is -2.31. The van der Waals surface area contributed by atoms with E-state index in [1.165, 1.54) is 12.1 Å². The van der Waals surface area contributed by atoms with Gasteiger partial charge in [0, 0.05) is 43.4 Å². The lowest BCUT2D eigenvalue weighted by Gasteiger charge is -2.36. The number of ether oxygens (including phenoxy) is 1. The molecule has 5 nitrogen and oxygen atoms in total. The number of amides is 1. The average Bonchev–Trinajstić information content (AvgIpc) is 2.72. The summed E-state index contributed by atoms with van der Waals surface area (Å²) in [5.74, 6) is 0.289.